The van der Waals surface area contributed by atoms with Gasteiger partial charge in [0, 0.05) is 22.5 Å². The number of ether oxygens (including phenoxy) is 1. The molecule has 7 heteroatoms. The van der Waals surface area contributed by atoms with E-state index < -0.39 is 6.10 Å². The molecule has 0 saturated heterocycles. The molecule has 0 aliphatic rings. The maximum Gasteiger partial charge on any atom is 0.258 e. The van der Waals surface area contributed by atoms with Crippen molar-refractivity contribution in [2.75, 3.05) is 13.2 Å². The van der Waals surface area contributed by atoms with Crippen LogP contribution in [0, 0.1) is 25.7 Å². The fourth-order valence-corrected chi connectivity index (χ4v) is 3.82. The number of hydrogen-bond donors (Lipinski definition) is 2. The summed E-state index contributed by atoms with van der Waals surface area (Å²) in [5.74, 6) is 2.67. The van der Waals surface area contributed by atoms with Crippen molar-refractivity contribution in [1.82, 2.24) is 15.1 Å². The lowest BCUT2D eigenvalue weighted by atomic mass is 10.0. The van der Waals surface area contributed by atoms with E-state index in [1.54, 1.807) is 0 Å². The Morgan fingerprint density at radius 1 is 0.879 bits per heavy atom. The molecule has 33 heavy (non-hydrogen) atoms. The Kier molecular flexibility index (Phi) is 8.21. The van der Waals surface area contributed by atoms with Crippen LogP contribution in [0.3, 0.4) is 0 Å². The van der Waals surface area contributed by atoms with Gasteiger partial charge in [0.2, 0.25) is 5.82 Å². The van der Waals surface area contributed by atoms with Gasteiger partial charge in [-0.05, 0) is 73.9 Å². The lowest BCUT2D eigenvalue weighted by molar-refractivity contribution is 0.0532. The van der Waals surface area contributed by atoms with E-state index in [2.05, 4.69) is 37.8 Å². The molecule has 0 aliphatic carbocycles. The zero-order valence-corrected chi connectivity index (χ0v) is 20.4. The standard InChI is InChI=1S/C26H35N3O4/c1-15(2)7-21-11-20(12-22(27-21)8-16(3)4)26-28-25(29-33-26)19-9-17(5)24(18(6)10-19)32-14-23(31)13-30/h9-12,15-16,23,30-31H,7-8,13-14H2,1-6H3. The van der Waals surface area contributed by atoms with Crippen molar-refractivity contribution < 1.29 is 19.5 Å². The normalized spacial score (nSPS) is 12.5. The molecule has 2 aromatic heterocycles. The first-order chi connectivity index (χ1) is 15.7. The predicted octanol–water partition coefficient (Wildman–Crippen LogP) is 4.54. The molecule has 178 valence electrons. The SMILES string of the molecule is Cc1cc(-c2noc(-c3cc(CC(C)C)nc(CC(C)C)c3)n2)cc(C)c1OCC(O)CO. The third-order valence-electron chi connectivity index (χ3n) is 5.19. The summed E-state index contributed by atoms with van der Waals surface area (Å²) in [7, 11) is 0. The number of aryl methyl sites for hydroxylation is 2. The van der Waals surface area contributed by atoms with Crippen LogP contribution < -0.4 is 4.74 Å². The van der Waals surface area contributed by atoms with Gasteiger partial charge in [0.25, 0.3) is 5.89 Å². The number of benzene rings is 1. The molecule has 1 unspecified atom stereocenters. The molecule has 1 aromatic carbocycles. The third-order valence-corrected chi connectivity index (χ3v) is 5.19. The second kappa shape index (κ2) is 10.9. The number of hydrogen-bond acceptors (Lipinski definition) is 7. The van der Waals surface area contributed by atoms with Crippen molar-refractivity contribution in [3.8, 4) is 28.6 Å². The topological polar surface area (TPSA) is 102 Å². The minimum atomic E-state index is -0.912. The molecule has 0 amide bonds. The van der Waals surface area contributed by atoms with Gasteiger partial charge in [0.1, 0.15) is 18.5 Å². The van der Waals surface area contributed by atoms with Gasteiger partial charge >= 0.3 is 0 Å². The summed E-state index contributed by atoms with van der Waals surface area (Å²) in [6.45, 7) is 12.3. The summed E-state index contributed by atoms with van der Waals surface area (Å²) in [6.07, 6.45) is 0.875. The summed E-state index contributed by atoms with van der Waals surface area (Å²) >= 11 is 0. The van der Waals surface area contributed by atoms with E-state index in [1.807, 2.05) is 38.1 Å². The molecular formula is C26H35N3O4. The molecule has 0 radical (unpaired) electrons. The number of aliphatic hydroxyl groups excluding tert-OH is 2. The van der Waals surface area contributed by atoms with E-state index in [4.69, 9.17) is 19.4 Å². The van der Waals surface area contributed by atoms with Crippen LogP contribution in [0.1, 0.15) is 50.2 Å². The monoisotopic (exact) mass is 453 g/mol. The predicted molar refractivity (Wildman–Crippen MR) is 128 cm³/mol. The van der Waals surface area contributed by atoms with Crippen molar-refractivity contribution in [2.24, 2.45) is 11.8 Å². The largest absolute Gasteiger partial charge is 0.490 e. The number of aromatic nitrogens is 3. The Balaban J connectivity index is 1.90. The van der Waals surface area contributed by atoms with Gasteiger partial charge in [-0.15, -0.1) is 0 Å². The van der Waals surface area contributed by atoms with E-state index in [0.29, 0.717) is 29.3 Å². The third kappa shape index (κ3) is 6.62. The van der Waals surface area contributed by atoms with Crippen molar-refractivity contribution in [2.45, 2.75) is 60.5 Å². The molecule has 0 saturated carbocycles. The summed E-state index contributed by atoms with van der Waals surface area (Å²) in [4.78, 5) is 9.51. The molecule has 1 atom stereocenters. The summed E-state index contributed by atoms with van der Waals surface area (Å²) in [5.41, 5.74) is 5.58. The Bertz CT molecular complexity index is 1020. The zero-order chi connectivity index (χ0) is 24.1. The number of pyridine rings is 1. The summed E-state index contributed by atoms with van der Waals surface area (Å²) in [5, 5.41) is 22.8. The highest BCUT2D eigenvalue weighted by Crippen LogP contribution is 2.31. The van der Waals surface area contributed by atoms with Gasteiger partial charge in [-0.2, -0.15) is 4.98 Å². The van der Waals surface area contributed by atoms with E-state index in [0.717, 1.165) is 46.5 Å². The average Bonchev–Trinajstić information content (AvgIpc) is 3.22. The van der Waals surface area contributed by atoms with Crippen LogP contribution in [0.15, 0.2) is 28.8 Å². The molecule has 0 spiro atoms. The first-order valence-electron chi connectivity index (χ1n) is 11.5. The smallest absolute Gasteiger partial charge is 0.258 e. The second-order valence-electron chi connectivity index (χ2n) is 9.54. The van der Waals surface area contributed by atoms with Gasteiger partial charge < -0.3 is 19.5 Å². The molecular weight excluding hydrogens is 418 g/mol. The number of aliphatic hydroxyl groups is 2. The fourth-order valence-electron chi connectivity index (χ4n) is 3.82. The van der Waals surface area contributed by atoms with Crippen molar-refractivity contribution in [3.05, 3.63) is 46.8 Å². The molecule has 3 aromatic rings. The molecule has 3 rings (SSSR count). The van der Waals surface area contributed by atoms with E-state index >= 15 is 0 Å². The van der Waals surface area contributed by atoms with Crippen molar-refractivity contribution in [1.29, 1.82) is 0 Å². The summed E-state index contributed by atoms with van der Waals surface area (Å²) < 4.78 is 11.3. The van der Waals surface area contributed by atoms with Crippen LogP contribution in [-0.2, 0) is 12.8 Å². The van der Waals surface area contributed by atoms with Crippen molar-refractivity contribution >= 4 is 0 Å². The highest BCUT2D eigenvalue weighted by atomic mass is 16.5. The van der Waals surface area contributed by atoms with Gasteiger partial charge in [0.15, 0.2) is 0 Å². The molecule has 0 bridgehead atoms. The number of nitrogens with zero attached hydrogens (tertiary/aromatic N) is 3. The summed E-state index contributed by atoms with van der Waals surface area (Å²) in [6, 6.07) is 7.95. The Hall–Kier alpha value is -2.77. The molecule has 2 heterocycles. The fraction of sp³-hybridized carbons (Fsp3) is 0.500. The van der Waals surface area contributed by atoms with Crippen LogP contribution in [0.5, 0.6) is 5.75 Å². The van der Waals surface area contributed by atoms with Crippen LogP contribution in [0.2, 0.25) is 0 Å². The lowest BCUT2D eigenvalue weighted by Crippen LogP contribution is -2.21. The highest BCUT2D eigenvalue weighted by molar-refractivity contribution is 5.64. The maximum atomic E-state index is 9.57. The van der Waals surface area contributed by atoms with E-state index in [9.17, 15) is 5.11 Å². The first-order valence-corrected chi connectivity index (χ1v) is 11.5. The highest BCUT2D eigenvalue weighted by Gasteiger charge is 2.17. The van der Waals surface area contributed by atoms with E-state index in [-0.39, 0.29) is 13.2 Å². The van der Waals surface area contributed by atoms with Gasteiger partial charge in [-0.25, -0.2) is 0 Å². The second-order valence-corrected chi connectivity index (χ2v) is 9.54. The van der Waals surface area contributed by atoms with Gasteiger partial charge in [-0.1, -0.05) is 32.9 Å². The van der Waals surface area contributed by atoms with Crippen LogP contribution in [0.4, 0.5) is 0 Å². The lowest BCUT2D eigenvalue weighted by Gasteiger charge is -2.15. The molecule has 0 fully saturated rings. The first kappa shape index (κ1) is 24.9. The van der Waals surface area contributed by atoms with Crippen LogP contribution >= 0.6 is 0 Å². The maximum absolute atomic E-state index is 9.57. The molecule has 2 N–H and O–H groups in total. The Morgan fingerprint density at radius 2 is 1.45 bits per heavy atom. The minimum absolute atomic E-state index is 0.0311. The van der Waals surface area contributed by atoms with Crippen LogP contribution in [-0.4, -0.2) is 44.7 Å². The van der Waals surface area contributed by atoms with Crippen molar-refractivity contribution in [3.63, 3.8) is 0 Å². The Labute approximate surface area is 195 Å². The minimum Gasteiger partial charge on any atom is -0.490 e. The Morgan fingerprint density at radius 3 is 1.97 bits per heavy atom. The molecule has 7 nitrogen and oxygen atoms in total. The van der Waals surface area contributed by atoms with Crippen LogP contribution in [0.25, 0.3) is 22.8 Å². The average molecular weight is 454 g/mol. The zero-order valence-electron chi connectivity index (χ0n) is 20.4. The van der Waals surface area contributed by atoms with Gasteiger partial charge in [-0.3, -0.25) is 4.98 Å². The molecule has 0 aliphatic heterocycles. The number of rotatable bonds is 10. The van der Waals surface area contributed by atoms with E-state index in [1.165, 1.54) is 0 Å². The van der Waals surface area contributed by atoms with Gasteiger partial charge in [0.05, 0.1) is 6.61 Å². The quantitative estimate of drug-likeness (QED) is 0.464.